The molecule has 78 valence electrons. The van der Waals surface area contributed by atoms with E-state index in [0.717, 1.165) is 19.4 Å². The van der Waals surface area contributed by atoms with Gasteiger partial charge in [-0.2, -0.15) is 0 Å². The Morgan fingerprint density at radius 1 is 1.23 bits per heavy atom. The zero-order valence-electron chi connectivity index (χ0n) is 7.95. The van der Waals surface area contributed by atoms with E-state index in [-0.39, 0.29) is 6.61 Å². The SMILES string of the molecule is NCC1CC(OCCOCCO)C1. The highest BCUT2D eigenvalue weighted by molar-refractivity contribution is 4.80. The van der Waals surface area contributed by atoms with Gasteiger partial charge in [0.25, 0.3) is 0 Å². The minimum atomic E-state index is 0.0820. The molecule has 4 nitrogen and oxygen atoms in total. The van der Waals surface area contributed by atoms with Crippen LogP contribution in [0.1, 0.15) is 12.8 Å². The van der Waals surface area contributed by atoms with Gasteiger partial charge in [-0.3, -0.25) is 0 Å². The van der Waals surface area contributed by atoms with E-state index in [1.165, 1.54) is 0 Å². The first kappa shape index (κ1) is 10.9. The lowest BCUT2D eigenvalue weighted by Gasteiger charge is -2.34. The van der Waals surface area contributed by atoms with E-state index in [1.807, 2.05) is 0 Å². The molecule has 0 spiro atoms. The van der Waals surface area contributed by atoms with Crippen LogP contribution in [-0.4, -0.2) is 44.2 Å². The number of nitrogens with two attached hydrogens (primary N) is 1. The van der Waals surface area contributed by atoms with Crippen molar-refractivity contribution in [2.75, 3.05) is 33.0 Å². The van der Waals surface area contributed by atoms with Crippen molar-refractivity contribution in [3.8, 4) is 0 Å². The maximum atomic E-state index is 8.42. The molecule has 1 aliphatic rings. The minimum absolute atomic E-state index is 0.0820. The van der Waals surface area contributed by atoms with Gasteiger partial charge in [0.1, 0.15) is 0 Å². The standard InChI is InChI=1S/C9H19NO3/c10-7-8-5-9(6-8)13-4-3-12-2-1-11/h8-9,11H,1-7,10H2. The van der Waals surface area contributed by atoms with Crippen LogP contribution in [0.4, 0.5) is 0 Å². The van der Waals surface area contributed by atoms with Gasteiger partial charge < -0.3 is 20.3 Å². The van der Waals surface area contributed by atoms with E-state index in [9.17, 15) is 0 Å². The predicted octanol–water partition coefficient (Wildman–Crippen LogP) is -0.251. The summed E-state index contributed by atoms with van der Waals surface area (Å²) in [7, 11) is 0. The summed E-state index contributed by atoms with van der Waals surface area (Å²) in [5.41, 5.74) is 5.48. The van der Waals surface area contributed by atoms with Crippen molar-refractivity contribution >= 4 is 0 Å². The molecule has 13 heavy (non-hydrogen) atoms. The Hall–Kier alpha value is -0.160. The Kier molecular flexibility index (Phi) is 5.31. The molecule has 0 saturated heterocycles. The summed E-state index contributed by atoms with van der Waals surface area (Å²) in [5, 5.41) is 8.42. The quantitative estimate of drug-likeness (QED) is 0.542. The normalized spacial score (nSPS) is 27.2. The van der Waals surface area contributed by atoms with Gasteiger partial charge in [-0.05, 0) is 25.3 Å². The fourth-order valence-electron chi connectivity index (χ4n) is 1.44. The van der Waals surface area contributed by atoms with E-state index < -0.39 is 0 Å². The van der Waals surface area contributed by atoms with Gasteiger partial charge >= 0.3 is 0 Å². The molecule has 0 aromatic carbocycles. The molecule has 3 N–H and O–H groups in total. The lowest BCUT2D eigenvalue weighted by atomic mass is 9.82. The van der Waals surface area contributed by atoms with Crippen molar-refractivity contribution in [2.24, 2.45) is 11.7 Å². The van der Waals surface area contributed by atoms with E-state index in [2.05, 4.69) is 0 Å². The van der Waals surface area contributed by atoms with Crippen molar-refractivity contribution < 1.29 is 14.6 Å². The number of hydrogen-bond acceptors (Lipinski definition) is 4. The maximum absolute atomic E-state index is 8.42. The third-order valence-corrected chi connectivity index (χ3v) is 2.34. The first-order chi connectivity index (χ1) is 6.36. The summed E-state index contributed by atoms with van der Waals surface area (Å²) < 4.78 is 10.5. The second-order valence-corrected chi connectivity index (χ2v) is 3.40. The summed E-state index contributed by atoms with van der Waals surface area (Å²) in [4.78, 5) is 0. The van der Waals surface area contributed by atoms with Crippen molar-refractivity contribution in [3.63, 3.8) is 0 Å². The molecule has 0 amide bonds. The average molecular weight is 189 g/mol. The number of aliphatic hydroxyl groups excluding tert-OH is 1. The molecule has 0 aromatic heterocycles. The molecule has 0 bridgehead atoms. The Balaban J connectivity index is 1.80. The highest BCUT2D eigenvalue weighted by atomic mass is 16.5. The van der Waals surface area contributed by atoms with Crippen LogP contribution >= 0.6 is 0 Å². The number of hydrogen-bond donors (Lipinski definition) is 2. The van der Waals surface area contributed by atoms with Gasteiger partial charge in [-0.15, -0.1) is 0 Å². The van der Waals surface area contributed by atoms with Crippen molar-refractivity contribution in [2.45, 2.75) is 18.9 Å². The average Bonchev–Trinajstić information content (AvgIpc) is 2.08. The van der Waals surface area contributed by atoms with Crippen LogP contribution < -0.4 is 5.73 Å². The topological polar surface area (TPSA) is 64.7 Å². The third-order valence-electron chi connectivity index (χ3n) is 2.34. The van der Waals surface area contributed by atoms with E-state index >= 15 is 0 Å². The van der Waals surface area contributed by atoms with Crippen molar-refractivity contribution in [1.29, 1.82) is 0 Å². The summed E-state index contributed by atoms with van der Waals surface area (Å²) >= 11 is 0. The number of ether oxygens (including phenoxy) is 2. The summed E-state index contributed by atoms with van der Waals surface area (Å²) in [5.74, 6) is 0.670. The monoisotopic (exact) mass is 189 g/mol. The lowest BCUT2D eigenvalue weighted by Crippen LogP contribution is -2.36. The van der Waals surface area contributed by atoms with Crippen LogP contribution in [0.2, 0.25) is 0 Å². The van der Waals surface area contributed by atoms with Crippen molar-refractivity contribution in [1.82, 2.24) is 0 Å². The Morgan fingerprint density at radius 2 is 2.00 bits per heavy atom. The maximum Gasteiger partial charge on any atom is 0.0704 e. The molecular weight excluding hydrogens is 170 g/mol. The van der Waals surface area contributed by atoms with Gasteiger partial charge in [0, 0.05) is 0 Å². The van der Waals surface area contributed by atoms with Gasteiger partial charge in [-0.25, -0.2) is 0 Å². The number of aliphatic hydroxyl groups is 1. The van der Waals surface area contributed by atoms with Gasteiger partial charge in [0.05, 0.1) is 32.5 Å². The van der Waals surface area contributed by atoms with E-state index in [0.29, 0.717) is 31.8 Å². The lowest BCUT2D eigenvalue weighted by molar-refractivity contribution is -0.0531. The Morgan fingerprint density at radius 3 is 2.62 bits per heavy atom. The second-order valence-electron chi connectivity index (χ2n) is 3.40. The summed E-state index contributed by atoms with van der Waals surface area (Å²) in [6.45, 7) is 2.46. The Bertz CT molecular complexity index is 126. The molecule has 0 unspecified atom stereocenters. The van der Waals surface area contributed by atoms with Crippen molar-refractivity contribution in [3.05, 3.63) is 0 Å². The smallest absolute Gasteiger partial charge is 0.0704 e. The highest BCUT2D eigenvalue weighted by Gasteiger charge is 2.28. The molecule has 1 aliphatic carbocycles. The van der Waals surface area contributed by atoms with Crippen LogP contribution in [0, 0.1) is 5.92 Å². The third kappa shape index (κ3) is 4.04. The largest absolute Gasteiger partial charge is 0.394 e. The molecule has 0 atom stereocenters. The first-order valence-electron chi connectivity index (χ1n) is 4.87. The van der Waals surface area contributed by atoms with E-state index in [4.69, 9.17) is 20.3 Å². The van der Waals surface area contributed by atoms with Gasteiger partial charge in [-0.1, -0.05) is 0 Å². The fourth-order valence-corrected chi connectivity index (χ4v) is 1.44. The van der Waals surface area contributed by atoms with Crippen LogP contribution in [-0.2, 0) is 9.47 Å². The molecule has 1 rings (SSSR count). The molecule has 4 heteroatoms. The van der Waals surface area contributed by atoms with Crippen LogP contribution in [0.3, 0.4) is 0 Å². The molecular formula is C9H19NO3. The molecule has 0 radical (unpaired) electrons. The zero-order chi connectivity index (χ0) is 9.52. The molecule has 0 aromatic rings. The first-order valence-corrected chi connectivity index (χ1v) is 4.87. The predicted molar refractivity (Wildman–Crippen MR) is 49.4 cm³/mol. The molecule has 1 fully saturated rings. The zero-order valence-corrected chi connectivity index (χ0v) is 7.95. The number of rotatable bonds is 7. The van der Waals surface area contributed by atoms with Gasteiger partial charge in [0.2, 0.25) is 0 Å². The molecule has 0 aliphatic heterocycles. The Labute approximate surface area is 79.0 Å². The van der Waals surface area contributed by atoms with E-state index in [1.54, 1.807) is 0 Å². The minimum Gasteiger partial charge on any atom is -0.394 e. The summed E-state index contributed by atoms with van der Waals surface area (Å²) in [6, 6.07) is 0. The highest BCUT2D eigenvalue weighted by Crippen LogP contribution is 2.28. The van der Waals surface area contributed by atoms with Gasteiger partial charge in [0.15, 0.2) is 0 Å². The molecule has 0 heterocycles. The second kappa shape index (κ2) is 6.32. The van der Waals surface area contributed by atoms with Crippen LogP contribution in [0.15, 0.2) is 0 Å². The fraction of sp³-hybridized carbons (Fsp3) is 1.00. The van der Waals surface area contributed by atoms with Crippen LogP contribution in [0.5, 0.6) is 0 Å². The summed E-state index contributed by atoms with van der Waals surface area (Å²) in [6.07, 6.45) is 2.58. The van der Waals surface area contributed by atoms with Crippen LogP contribution in [0.25, 0.3) is 0 Å². The molecule has 1 saturated carbocycles.